The van der Waals surface area contributed by atoms with Gasteiger partial charge in [0.2, 0.25) is 0 Å². The fourth-order valence-electron chi connectivity index (χ4n) is 1.51. The van der Waals surface area contributed by atoms with Crippen molar-refractivity contribution in [2.24, 2.45) is 0 Å². The maximum absolute atomic E-state index is 13.6. The predicted molar refractivity (Wildman–Crippen MR) is 68.9 cm³/mol. The fourth-order valence-corrected chi connectivity index (χ4v) is 2.02. The van der Waals surface area contributed by atoms with Crippen LogP contribution in [0.5, 0.6) is 0 Å². The van der Waals surface area contributed by atoms with Crippen LogP contribution in [0.15, 0.2) is 34.8 Å². The minimum Gasteiger partial charge on any atom is -0.288 e. The molecule has 19 heavy (non-hydrogen) atoms. The van der Waals surface area contributed by atoms with Gasteiger partial charge in [-0.3, -0.25) is 4.79 Å². The molecule has 0 saturated carbocycles. The summed E-state index contributed by atoms with van der Waals surface area (Å²) < 4.78 is 40.8. The zero-order chi connectivity index (χ0) is 14.2. The number of rotatable bonds is 2. The lowest BCUT2D eigenvalue weighted by atomic mass is 10.0. The number of hydrogen-bond acceptors (Lipinski definition) is 1. The van der Waals surface area contributed by atoms with Gasteiger partial charge in [-0.2, -0.15) is 0 Å². The highest BCUT2D eigenvalue weighted by atomic mass is 79.9. The Bertz CT molecular complexity index is 673. The van der Waals surface area contributed by atoms with E-state index in [1.165, 1.54) is 12.1 Å². The van der Waals surface area contributed by atoms with Gasteiger partial charge in [0.1, 0.15) is 17.5 Å². The molecule has 6 heteroatoms. The predicted octanol–water partition coefficient (Wildman–Crippen LogP) is 4.75. The molecule has 0 saturated heterocycles. The summed E-state index contributed by atoms with van der Waals surface area (Å²) in [6.07, 6.45) is 0. The molecular formula is C13H5BrClF3O. The fraction of sp³-hybridized carbons (Fsp3) is 0. The lowest BCUT2D eigenvalue weighted by Crippen LogP contribution is -2.07. The monoisotopic (exact) mass is 348 g/mol. The van der Waals surface area contributed by atoms with Crippen LogP contribution in [0.1, 0.15) is 15.9 Å². The van der Waals surface area contributed by atoms with E-state index in [1.807, 2.05) is 0 Å². The number of ketones is 1. The first-order chi connectivity index (χ1) is 8.90. The minimum atomic E-state index is -1.00. The Hall–Kier alpha value is -1.33. The molecule has 0 amide bonds. The Morgan fingerprint density at radius 2 is 1.58 bits per heavy atom. The first-order valence-corrected chi connectivity index (χ1v) is 6.21. The summed E-state index contributed by atoms with van der Waals surface area (Å²) in [5, 5.41) is -0.441. The van der Waals surface area contributed by atoms with Crippen molar-refractivity contribution in [1.82, 2.24) is 0 Å². The molecule has 0 unspecified atom stereocenters. The molecule has 2 rings (SSSR count). The molecule has 0 atom stereocenters. The van der Waals surface area contributed by atoms with Crippen LogP contribution in [-0.4, -0.2) is 5.78 Å². The SMILES string of the molecule is O=C(c1cc(Br)ccc1F)c1cc(F)c(Cl)cc1F. The molecule has 0 bridgehead atoms. The van der Waals surface area contributed by atoms with Gasteiger partial charge in [0.15, 0.2) is 5.78 Å². The van der Waals surface area contributed by atoms with Gasteiger partial charge in [-0.15, -0.1) is 0 Å². The van der Waals surface area contributed by atoms with Crippen LogP contribution in [-0.2, 0) is 0 Å². The lowest BCUT2D eigenvalue weighted by molar-refractivity contribution is 0.103. The van der Waals surface area contributed by atoms with Gasteiger partial charge in [0, 0.05) is 4.47 Å². The summed E-state index contributed by atoms with van der Waals surface area (Å²) in [4.78, 5) is 12.0. The topological polar surface area (TPSA) is 17.1 Å². The average Bonchev–Trinajstić information content (AvgIpc) is 2.36. The molecule has 0 aliphatic heterocycles. The third-order valence-electron chi connectivity index (χ3n) is 2.43. The van der Waals surface area contributed by atoms with Crippen molar-refractivity contribution in [3.63, 3.8) is 0 Å². The average molecular weight is 350 g/mol. The normalized spacial score (nSPS) is 10.6. The largest absolute Gasteiger partial charge is 0.288 e. The number of carbonyl (C=O) groups excluding carboxylic acids is 1. The van der Waals surface area contributed by atoms with Crippen molar-refractivity contribution >= 4 is 33.3 Å². The molecule has 98 valence electrons. The number of halogens is 5. The summed E-state index contributed by atoms with van der Waals surface area (Å²) in [5.41, 5.74) is -0.922. The van der Waals surface area contributed by atoms with Crippen molar-refractivity contribution < 1.29 is 18.0 Å². The van der Waals surface area contributed by atoms with E-state index in [2.05, 4.69) is 15.9 Å². The van der Waals surface area contributed by atoms with Gasteiger partial charge in [-0.1, -0.05) is 27.5 Å². The zero-order valence-electron chi connectivity index (χ0n) is 9.18. The van der Waals surface area contributed by atoms with E-state index in [1.54, 1.807) is 0 Å². The maximum atomic E-state index is 13.6. The second kappa shape index (κ2) is 5.35. The third kappa shape index (κ3) is 2.82. The van der Waals surface area contributed by atoms with E-state index in [0.29, 0.717) is 16.6 Å². The quantitative estimate of drug-likeness (QED) is 0.565. The van der Waals surface area contributed by atoms with E-state index in [-0.39, 0.29) is 5.56 Å². The standard InChI is InChI=1S/C13H5BrClF3O/c14-6-1-2-10(16)7(3-6)13(19)8-4-12(18)9(15)5-11(8)17/h1-5H. The molecule has 1 nitrogen and oxygen atoms in total. The van der Waals surface area contributed by atoms with Crippen LogP contribution >= 0.6 is 27.5 Å². The molecule has 2 aromatic rings. The van der Waals surface area contributed by atoms with E-state index in [0.717, 1.165) is 6.07 Å². The number of benzene rings is 2. The minimum absolute atomic E-state index is 0.352. The van der Waals surface area contributed by atoms with Crippen molar-refractivity contribution in [1.29, 1.82) is 0 Å². The first kappa shape index (κ1) is 14.1. The van der Waals surface area contributed by atoms with E-state index in [4.69, 9.17) is 11.6 Å². The molecule has 0 spiro atoms. The van der Waals surface area contributed by atoms with Crippen LogP contribution in [0.2, 0.25) is 5.02 Å². The van der Waals surface area contributed by atoms with Crippen molar-refractivity contribution in [2.45, 2.75) is 0 Å². The van der Waals surface area contributed by atoms with Gasteiger partial charge >= 0.3 is 0 Å². The van der Waals surface area contributed by atoms with Gasteiger partial charge < -0.3 is 0 Å². The Morgan fingerprint density at radius 3 is 2.26 bits per heavy atom. The van der Waals surface area contributed by atoms with E-state index in [9.17, 15) is 18.0 Å². The lowest BCUT2D eigenvalue weighted by Gasteiger charge is -2.06. The van der Waals surface area contributed by atoms with E-state index < -0.39 is 33.8 Å². The molecular weight excluding hydrogens is 344 g/mol. The first-order valence-electron chi connectivity index (χ1n) is 5.04. The number of hydrogen-bond donors (Lipinski definition) is 0. The highest BCUT2D eigenvalue weighted by Crippen LogP contribution is 2.24. The molecule has 0 fully saturated rings. The Kier molecular flexibility index (Phi) is 3.96. The molecule has 0 radical (unpaired) electrons. The summed E-state index contributed by atoms with van der Waals surface area (Å²) in [7, 11) is 0. The van der Waals surface area contributed by atoms with Crippen molar-refractivity contribution in [3.05, 3.63) is 68.4 Å². The molecule has 0 aliphatic rings. The molecule has 0 N–H and O–H groups in total. The second-order valence-electron chi connectivity index (χ2n) is 3.70. The van der Waals surface area contributed by atoms with Crippen molar-refractivity contribution in [2.75, 3.05) is 0 Å². The Morgan fingerprint density at radius 1 is 0.947 bits per heavy atom. The van der Waals surface area contributed by atoms with Gasteiger partial charge in [-0.25, -0.2) is 13.2 Å². The van der Waals surface area contributed by atoms with Gasteiger partial charge in [-0.05, 0) is 30.3 Å². The molecule has 0 heterocycles. The Balaban J connectivity index is 2.56. The van der Waals surface area contributed by atoms with Crippen LogP contribution in [0.4, 0.5) is 13.2 Å². The van der Waals surface area contributed by atoms with Crippen LogP contribution in [0, 0.1) is 17.5 Å². The van der Waals surface area contributed by atoms with Gasteiger partial charge in [0.25, 0.3) is 0 Å². The molecule has 0 aliphatic carbocycles. The number of carbonyl (C=O) groups is 1. The van der Waals surface area contributed by atoms with Gasteiger partial charge in [0.05, 0.1) is 16.1 Å². The summed E-state index contributed by atoms with van der Waals surface area (Å²) in [6.45, 7) is 0. The molecule has 0 aromatic heterocycles. The van der Waals surface area contributed by atoms with Crippen molar-refractivity contribution in [3.8, 4) is 0 Å². The zero-order valence-corrected chi connectivity index (χ0v) is 11.5. The highest BCUT2D eigenvalue weighted by molar-refractivity contribution is 9.10. The van der Waals surface area contributed by atoms with Crippen LogP contribution in [0.25, 0.3) is 0 Å². The van der Waals surface area contributed by atoms with Crippen LogP contribution < -0.4 is 0 Å². The summed E-state index contributed by atoms with van der Waals surface area (Å²) in [5.74, 6) is -3.72. The van der Waals surface area contributed by atoms with Crippen LogP contribution in [0.3, 0.4) is 0 Å². The summed E-state index contributed by atoms with van der Waals surface area (Å²) in [6, 6.07) is 4.98. The summed E-state index contributed by atoms with van der Waals surface area (Å²) >= 11 is 8.46. The smallest absolute Gasteiger partial charge is 0.199 e. The Labute approximate surface area is 120 Å². The maximum Gasteiger partial charge on any atom is 0.199 e. The van der Waals surface area contributed by atoms with E-state index >= 15 is 0 Å². The third-order valence-corrected chi connectivity index (χ3v) is 3.21. The molecule has 2 aromatic carbocycles. The second-order valence-corrected chi connectivity index (χ2v) is 5.02. The highest BCUT2D eigenvalue weighted by Gasteiger charge is 2.20.